The summed E-state index contributed by atoms with van der Waals surface area (Å²) < 4.78 is 5.95. The van der Waals surface area contributed by atoms with Gasteiger partial charge in [0.1, 0.15) is 6.23 Å². The number of pyridine rings is 1. The Morgan fingerprint density at radius 1 is 1.41 bits per heavy atom. The zero-order valence-electron chi connectivity index (χ0n) is 17.4. The maximum Gasteiger partial charge on any atom is 0.236 e. The maximum absolute atomic E-state index is 12.3. The fourth-order valence-electron chi connectivity index (χ4n) is 2.95. The van der Waals surface area contributed by atoms with E-state index in [4.69, 9.17) is 4.74 Å². The van der Waals surface area contributed by atoms with Gasteiger partial charge in [-0.3, -0.25) is 15.1 Å². The molecule has 0 bridgehead atoms. The summed E-state index contributed by atoms with van der Waals surface area (Å²) in [5, 5.41) is 6.66. The lowest BCUT2D eigenvalue weighted by Crippen LogP contribution is -2.43. The van der Waals surface area contributed by atoms with Crippen molar-refractivity contribution in [3.8, 4) is 0 Å². The number of aromatic nitrogens is 1. The smallest absolute Gasteiger partial charge is 0.236 e. The normalized spacial score (nSPS) is 19.3. The van der Waals surface area contributed by atoms with Crippen LogP contribution in [0.15, 0.2) is 18.3 Å². The Morgan fingerprint density at radius 2 is 2.19 bits per heavy atom. The lowest BCUT2D eigenvalue weighted by Gasteiger charge is -2.35. The Kier molecular flexibility index (Phi) is 8.16. The number of hydrogen-bond donors (Lipinski definition) is 2. The van der Waals surface area contributed by atoms with Crippen LogP contribution >= 0.6 is 0 Å². The second-order valence-corrected chi connectivity index (χ2v) is 8.20. The van der Waals surface area contributed by atoms with Crippen LogP contribution in [0, 0.1) is 5.41 Å². The van der Waals surface area contributed by atoms with Gasteiger partial charge in [-0.05, 0) is 38.7 Å². The van der Waals surface area contributed by atoms with Gasteiger partial charge in [0, 0.05) is 44.3 Å². The van der Waals surface area contributed by atoms with Gasteiger partial charge in [-0.1, -0.05) is 13.8 Å². The molecule has 7 heteroatoms. The van der Waals surface area contributed by atoms with Crippen LogP contribution in [-0.2, 0) is 16.1 Å². The van der Waals surface area contributed by atoms with Crippen molar-refractivity contribution < 1.29 is 9.53 Å². The van der Waals surface area contributed by atoms with Gasteiger partial charge in [0.25, 0.3) is 0 Å². The highest BCUT2D eigenvalue weighted by molar-refractivity contribution is 5.78. The molecule has 152 valence electrons. The molecular formula is C20H35N5O2. The summed E-state index contributed by atoms with van der Waals surface area (Å²) in [5.74, 6) is 0.120. The molecule has 1 aliphatic rings. The van der Waals surface area contributed by atoms with Crippen molar-refractivity contribution in [2.75, 3.05) is 53.4 Å². The van der Waals surface area contributed by atoms with Crippen LogP contribution in [-0.4, -0.2) is 74.1 Å². The Bertz CT molecular complexity index is 596. The monoisotopic (exact) mass is 377 g/mol. The average molecular weight is 378 g/mol. The van der Waals surface area contributed by atoms with Gasteiger partial charge < -0.3 is 19.9 Å². The summed E-state index contributed by atoms with van der Waals surface area (Å²) in [7, 11) is 4.03. The molecule has 1 fully saturated rings. The highest BCUT2D eigenvalue weighted by Crippen LogP contribution is 2.26. The average Bonchev–Trinajstić information content (AvgIpc) is 2.62. The molecule has 1 atom stereocenters. The van der Waals surface area contributed by atoms with E-state index in [0.29, 0.717) is 13.1 Å². The molecule has 7 nitrogen and oxygen atoms in total. The quantitative estimate of drug-likeness (QED) is 0.675. The summed E-state index contributed by atoms with van der Waals surface area (Å²) in [4.78, 5) is 20.7. The molecule has 1 aromatic rings. The maximum atomic E-state index is 12.3. The highest BCUT2D eigenvalue weighted by atomic mass is 16.5. The summed E-state index contributed by atoms with van der Waals surface area (Å²) in [6.45, 7) is 11.3. The molecule has 0 saturated carbocycles. The molecule has 1 saturated heterocycles. The second-order valence-electron chi connectivity index (χ2n) is 8.20. The van der Waals surface area contributed by atoms with E-state index in [2.05, 4.69) is 34.4 Å². The highest BCUT2D eigenvalue weighted by Gasteiger charge is 2.27. The molecule has 2 rings (SSSR count). The Hall–Kier alpha value is -1.54. The molecule has 1 unspecified atom stereocenters. The third kappa shape index (κ3) is 7.18. The number of nitrogens with zero attached hydrogens (tertiary/aromatic N) is 3. The molecule has 0 spiro atoms. The van der Waals surface area contributed by atoms with Crippen molar-refractivity contribution in [3.05, 3.63) is 29.6 Å². The minimum atomic E-state index is -0.0944. The predicted molar refractivity (Wildman–Crippen MR) is 107 cm³/mol. The number of nitrogens with one attached hydrogen (secondary N) is 2. The van der Waals surface area contributed by atoms with Gasteiger partial charge >= 0.3 is 0 Å². The summed E-state index contributed by atoms with van der Waals surface area (Å²) >= 11 is 0. The fourth-order valence-corrected chi connectivity index (χ4v) is 2.95. The minimum Gasteiger partial charge on any atom is -0.358 e. The van der Waals surface area contributed by atoms with Crippen molar-refractivity contribution in [2.45, 2.75) is 33.5 Å². The summed E-state index contributed by atoms with van der Waals surface area (Å²) in [5.41, 5.74) is 2.14. The molecule has 1 amide bonds. The number of hydrogen-bond acceptors (Lipinski definition) is 6. The van der Waals surface area contributed by atoms with Gasteiger partial charge in [-0.2, -0.15) is 0 Å². The Balaban J connectivity index is 1.81. The third-order valence-corrected chi connectivity index (χ3v) is 4.68. The first kappa shape index (κ1) is 21.8. The number of carbonyl (C=O) groups excluding carboxylic acids is 1. The van der Waals surface area contributed by atoms with Crippen molar-refractivity contribution in [3.63, 3.8) is 0 Å². The SMILES string of the molecule is CCN(CCN(C)C)C(=O)CNCc1cc(C2NCC(C)(C)CO2)ccn1. The van der Waals surface area contributed by atoms with Crippen LogP contribution in [0.3, 0.4) is 0 Å². The summed E-state index contributed by atoms with van der Waals surface area (Å²) in [6.07, 6.45) is 1.71. The molecule has 1 aromatic heterocycles. The van der Waals surface area contributed by atoms with Gasteiger partial charge in [0.15, 0.2) is 0 Å². The van der Waals surface area contributed by atoms with E-state index in [1.165, 1.54) is 0 Å². The number of rotatable bonds is 9. The van der Waals surface area contributed by atoms with E-state index in [1.807, 2.05) is 38.1 Å². The standard InChI is InChI=1S/C20H35N5O2/c1-6-25(10-9-24(4)5)18(26)13-21-12-17-11-16(7-8-22-17)19-23-14-20(2,3)15-27-19/h7-8,11,19,21,23H,6,9-10,12-15H2,1-5H3. The molecule has 2 heterocycles. The topological polar surface area (TPSA) is 69.7 Å². The van der Waals surface area contributed by atoms with Crippen LogP contribution in [0.1, 0.15) is 38.3 Å². The molecule has 1 aliphatic heterocycles. The largest absolute Gasteiger partial charge is 0.358 e. The molecule has 27 heavy (non-hydrogen) atoms. The van der Waals surface area contributed by atoms with Crippen molar-refractivity contribution in [2.24, 2.45) is 5.41 Å². The molecule has 2 N–H and O–H groups in total. The van der Waals surface area contributed by atoms with Crippen molar-refractivity contribution in [1.29, 1.82) is 0 Å². The molecule has 0 radical (unpaired) electrons. The second kappa shape index (κ2) is 10.1. The van der Waals surface area contributed by atoms with Crippen molar-refractivity contribution in [1.82, 2.24) is 25.4 Å². The van der Waals surface area contributed by atoms with E-state index in [9.17, 15) is 4.79 Å². The zero-order valence-corrected chi connectivity index (χ0v) is 17.4. The zero-order chi connectivity index (χ0) is 19.9. The fraction of sp³-hybridized carbons (Fsp3) is 0.700. The van der Waals surface area contributed by atoms with E-state index in [-0.39, 0.29) is 17.6 Å². The Morgan fingerprint density at radius 3 is 2.81 bits per heavy atom. The van der Waals surface area contributed by atoms with Gasteiger partial charge in [-0.15, -0.1) is 0 Å². The van der Waals surface area contributed by atoms with Gasteiger partial charge in [-0.25, -0.2) is 0 Å². The van der Waals surface area contributed by atoms with Crippen molar-refractivity contribution >= 4 is 5.91 Å². The number of carbonyl (C=O) groups is 1. The van der Waals surface area contributed by atoms with E-state index >= 15 is 0 Å². The molecule has 0 aromatic carbocycles. The predicted octanol–water partition coefficient (Wildman–Crippen LogP) is 1.23. The first-order valence-corrected chi connectivity index (χ1v) is 9.74. The minimum absolute atomic E-state index is 0.0944. The van der Waals surface area contributed by atoms with Crippen LogP contribution in [0.5, 0.6) is 0 Å². The first-order chi connectivity index (χ1) is 12.8. The lowest BCUT2D eigenvalue weighted by atomic mass is 9.93. The van der Waals surface area contributed by atoms with E-state index in [1.54, 1.807) is 6.20 Å². The van der Waals surface area contributed by atoms with Gasteiger partial charge in [0.05, 0.1) is 18.8 Å². The number of likely N-dealkylation sites (N-methyl/N-ethyl adjacent to an activating group) is 2. The molecular weight excluding hydrogens is 342 g/mol. The third-order valence-electron chi connectivity index (χ3n) is 4.68. The number of ether oxygens (including phenoxy) is 1. The van der Waals surface area contributed by atoms with Crippen LogP contribution in [0.25, 0.3) is 0 Å². The number of amides is 1. The summed E-state index contributed by atoms with van der Waals surface area (Å²) in [6, 6.07) is 4.02. The van der Waals surface area contributed by atoms with Gasteiger partial charge in [0.2, 0.25) is 5.91 Å². The first-order valence-electron chi connectivity index (χ1n) is 9.74. The van der Waals surface area contributed by atoms with Crippen LogP contribution < -0.4 is 10.6 Å². The van der Waals surface area contributed by atoms with Crippen LogP contribution in [0.2, 0.25) is 0 Å². The van der Waals surface area contributed by atoms with E-state index in [0.717, 1.165) is 44.0 Å². The van der Waals surface area contributed by atoms with E-state index < -0.39 is 0 Å². The lowest BCUT2D eigenvalue weighted by molar-refractivity contribution is -0.130. The van der Waals surface area contributed by atoms with Crippen LogP contribution in [0.4, 0.5) is 0 Å². The Labute approximate surface area is 163 Å². The molecule has 0 aliphatic carbocycles.